The Kier molecular flexibility index (Phi) is 17.4. The lowest BCUT2D eigenvalue weighted by atomic mass is 10.4. The molecular formula is C14H31ClN4. The quantitative estimate of drug-likeness (QED) is 0.453. The molecule has 0 saturated heterocycles. The molecule has 114 valence electrons. The smallest absolute Gasteiger partial charge is 0.0577 e. The van der Waals surface area contributed by atoms with Crippen LogP contribution in [-0.2, 0) is 0 Å². The molecule has 0 amide bonds. The predicted octanol–water partition coefficient (Wildman–Crippen LogP) is 0.494. The molecule has 0 radical (unpaired) electrons. The van der Waals surface area contributed by atoms with Crippen LogP contribution in [0.2, 0.25) is 0 Å². The van der Waals surface area contributed by atoms with Crippen molar-refractivity contribution >= 4 is 12.4 Å². The Hall–Kier alpha value is -0.310. The van der Waals surface area contributed by atoms with Gasteiger partial charge in [-0.15, -0.1) is 12.4 Å². The van der Waals surface area contributed by atoms with E-state index in [9.17, 15) is 0 Å². The second-order valence-corrected chi connectivity index (χ2v) is 5.02. The van der Waals surface area contributed by atoms with Crippen molar-refractivity contribution < 1.29 is 0 Å². The van der Waals surface area contributed by atoms with E-state index in [0.717, 1.165) is 39.3 Å². The highest BCUT2D eigenvalue weighted by molar-refractivity contribution is 5.85. The van der Waals surface area contributed by atoms with Crippen molar-refractivity contribution in [2.24, 2.45) is 0 Å². The summed E-state index contributed by atoms with van der Waals surface area (Å²) in [4.78, 5) is 4.40. The molecule has 0 aliphatic heterocycles. The summed E-state index contributed by atoms with van der Waals surface area (Å²) in [5, 5.41) is 6.65. The van der Waals surface area contributed by atoms with E-state index < -0.39 is 0 Å². The van der Waals surface area contributed by atoms with Gasteiger partial charge in [0.2, 0.25) is 0 Å². The summed E-state index contributed by atoms with van der Waals surface area (Å²) < 4.78 is 0. The Morgan fingerprint density at radius 2 is 1.11 bits per heavy atom. The molecular weight excluding hydrogens is 260 g/mol. The zero-order chi connectivity index (χ0) is 13.6. The van der Waals surface area contributed by atoms with Crippen molar-refractivity contribution in [3.8, 4) is 11.8 Å². The van der Waals surface area contributed by atoms with E-state index in [1.165, 1.54) is 12.8 Å². The first kappa shape index (κ1) is 21.0. The minimum Gasteiger partial charge on any atom is -0.309 e. The van der Waals surface area contributed by atoms with Crippen LogP contribution in [0.15, 0.2) is 0 Å². The standard InChI is InChI=1S/C14H30N4.ClH/c1-17(2)13-7-11-15-9-5-6-10-16-12-8-14-18(3)4;/h15-16H,7-14H2,1-4H3;1H. The molecule has 0 aliphatic rings. The Balaban J connectivity index is 0. The molecule has 0 unspecified atom stereocenters. The molecule has 0 aromatic carbocycles. The van der Waals surface area contributed by atoms with Crippen LogP contribution in [0.4, 0.5) is 0 Å². The molecule has 0 aromatic rings. The van der Waals surface area contributed by atoms with Crippen molar-refractivity contribution in [1.82, 2.24) is 20.4 Å². The summed E-state index contributed by atoms with van der Waals surface area (Å²) in [5.74, 6) is 6.25. The number of rotatable bonds is 10. The molecule has 5 heteroatoms. The van der Waals surface area contributed by atoms with Gasteiger partial charge in [0.05, 0.1) is 13.1 Å². The minimum atomic E-state index is 0. The van der Waals surface area contributed by atoms with Crippen LogP contribution in [0.5, 0.6) is 0 Å². The molecule has 0 fully saturated rings. The van der Waals surface area contributed by atoms with Crippen molar-refractivity contribution in [1.29, 1.82) is 0 Å². The minimum absolute atomic E-state index is 0. The second-order valence-electron chi connectivity index (χ2n) is 5.02. The zero-order valence-corrected chi connectivity index (χ0v) is 13.8. The zero-order valence-electron chi connectivity index (χ0n) is 13.0. The number of hydrogen-bond acceptors (Lipinski definition) is 4. The average Bonchev–Trinajstić information content (AvgIpc) is 2.29. The van der Waals surface area contributed by atoms with E-state index in [4.69, 9.17) is 0 Å². The number of hydrogen-bond donors (Lipinski definition) is 2. The van der Waals surface area contributed by atoms with Crippen LogP contribution >= 0.6 is 12.4 Å². The lowest BCUT2D eigenvalue weighted by Gasteiger charge is -2.08. The molecule has 4 nitrogen and oxygen atoms in total. The Morgan fingerprint density at radius 3 is 1.42 bits per heavy atom. The van der Waals surface area contributed by atoms with Gasteiger partial charge in [0.15, 0.2) is 0 Å². The van der Waals surface area contributed by atoms with E-state index >= 15 is 0 Å². The highest BCUT2D eigenvalue weighted by Gasteiger charge is 1.89. The van der Waals surface area contributed by atoms with Crippen LogP contribution in [0.3, 0.4) is 0 Å². The molecule has 0 spiro atoms. The lowest BCUT2D eigenvalue weighted by Crippen LogP contribution is -2.22. The van der Waals surface area contributed by atoms with Crippen LogP contribution in [0, 0.1) is 11.8 Å². The fourth-order valence-corrected chi connectivity index (χ4v) is 1.47. The molecule has 0 atom stereocenters. The summed E-state index contributed by atoms with van der Waals surface area (Å²) >= 11 is 0. The van der Waals surface area contributed by atoms with Gasteiger partial charge in [-0.3, -0.25) is 0 Å². The Morgan fingerprint density at radius 1 is 0.737 bits per heavy atom. The summed E-state index contributed by atoms with van der Waals surface area (Å²) in [5.41, 5.74) is 0. The fourth-order valence-electron chi connectivity index (χ4n) is 1.47. The molecule has 0 aromatic heterocycles. The number of nitrogens with zero attached hydrogens (tertiary/aromatic N) is 2. The molecule has 19 heavy (non-hydrogen) atoms. The van der Waals surface area contributed by atoms with Crippen molar-refractivity contribution in [3.63, 3.8) is 0 Å². The third kappa shape index (κ3) is 20.2. The predicted molar refractivity (Wildman–Crippen MR) is 87.1 cm³/mol. The van der Waals surface area contributed by atoms with Gasteiger partial charge in [0.1, 0.15) is 0 Å². The second kappa shape index (κ2) is 15.7. The van der Waals surface area contributed by atoms with Gasteiger partial charge in [-0.05, 0) is 67.2 Å². The van der Waals surface area contributed by atoms with Crippen molar-refractivity contribution in [3.05, 3.63) is 0 Å². The van der Waals surface area contributed by atoms with Gasteiger partial charge in [-0.1, -0.05) is 11.8 Å². The summed E-state index contributed by atoms with van der Waals surface area (Å²) in [6.07, 6.45) is 2.36. The van der Waals surface area contributed by atoms with Crippen molar-refractivity contribution in [2.45, 2.75) is 12.8 Å². The topological polar surface area (TPSA) is 30.5 Å². The van der Waals surface area contributed by atoms with Gasteiger partial charge < -0.3 is 20.4 Å². The highest BCUT2D eigenvalue weighted by atomic mass is 35.5. The monoisotopic (exact) mass is 290 g/mol. The van der Waals surface area contributed by atoms with Gasteiger partial charge >= 0.3 is 0 Å². The lowest BCUT2D eigenvalue weighted by molar-refractivity contribution is 0.396. The first-order valence-corrected chi connectivity index (χ1v) is 6.79. The number of halogens is 1. The van der Waals surface area contributed by atoms with E-state index in [2.05, 4.69) is 60.5 Å². The Bertz CT molecular complexity index is 211. The first-order chi connectivity index (χ1) is 8.63. The maximum absolute atomic E-state index is 3.32. The Labute approximate surface area is 125 Å². The third-order valence-electron chi connectivity index (χ3n) is 2.47. The van der Waals surface area contributed by atoms with Gasteiger partial charge in [0, 0.05) is 0 Å². The third-order valence-corrected chi connectivity index (χ3v) is 2.47. The fraction of sp³-hybridized carbons (Fsp3) is 0.857. The largest absolute Gasteiger partial charge is 0.309 e. The van der Waals surface area contributed by atoms with Crippen LogP contribution in [0.1, 0.15) is 12.8 Å². The van der Waals surface area contributed by atoms with Crippen LogP contribution in [-0.4, -0.2) is 77.3 Å². The van der Waals surface area contributed by atoms with Crippen LogP contribution in [0.25, 0.3) is 0 Å². The van der Waals surface area contributed by atoms with Crippen LogP contribution < -0.4 is 10.6 Å². The molecule has 0 saturated carbocycles. The van der Waals surface area contributed by atoms with E-state index in [-0.39, 0.29) is 12.4 Å². The van der Waals surface area contributed by atoms with Crippen molar-refractivity contribution in [2.75, 3.05) is 67.5 Å². The molecule has 0 bridgehead atoms. The maximum Gasteiger partial charge on any atom is 0.0577 e. The molecule has 0 rings (SSSR count). The van der Waals surface area contributed by atoms with Gasteiger partial charge in [0.25, 0.3) is 0 Å². The van der Waals surface area contributed by atoms with E-state index in [1.54, 1.807) is 0 Å². The number of nitrogens with one attached hydrogen (secondary N) is 2. The molecule has 0 aliphatic carbocycles. The molecule has 0 heterocycles. The summed E-state index contributed by atoms with van der Waals surface area (Å²) in [7, 11) is 8.40. The summed E-state index contributed by atoms with van der Waals surface area (Å²) in [6, 6.07) is 0. The van der Waals surface area contributed by atoms with E-state index in [1.807, 2.05) is 0 Å². The first-order valence-electron chi connectivity index (χ1n) is 6.79. The van der Waals surface area contributed by atoms with Gasteiger partial charge in [-0.25, -0.2) is 0 Å². The molecule has 2 N–H and O–H groups in total. The summed E-state index contributed by atoms with van der Waals surface area (Å²) in [6.45, 7) is 5.95. The van der Waals surface area contributed by atoms with E-state index in [0.29, 0.717) is 0 Å². The normalized spacial score (nSPS) is 10.2. The highest BCUT2D eigenvalue weighted by Crippen LogP contribution is 1.80. The maximum atomic E-state index is 3.32. The SMILES string of the molecule is CN(C)CCCNCC#CCNCCCN(C)C.Cl. The average molecular weight is 291 g/mol. The van der Waals surface area contributed by atoms with Gasteiger partial charge in [-0.2, -0.15) is 0 Å².